The maximum Gasteiger partial charge on any atom is 0.262 e. The highest BCUT2D eigenvalue weighted by molar-refractivity contribution is 7.89. The van der Waals surface area contributed by atoms with Crippen molar-refractivity contribution >= 4 is 15.9 Å². The van der Waals surface area contributed by atoms with Crippen LogP contribution in [0.4, 0.5) is 0 Å². The fourth-order valence-electron chi connectivity index (χ4n) is 3.67. The van der Waals surface area contributed by atoms with Crippen LogP contribution in [0, 0.1) is 5.92 Å². The third kappa shape index (κ3) is 5.42. The highest BCUT2D eigenvalue weighted by atomic mass is 32.2. The van der Waals surface area contributed by atoms with Crippen LogP contribution < -0.4 is 14.8 Å². The first-order chi connectivity index (χ1) is 15.3. The molecule has 9 nitrogen and oxygen atoms in total. The normalized spacial score (nSPS) is 17.3. The van der Waals surface area contributed by atoms with Crippen molar-refractivity contribution in [1.29, 1.82) is 0 Å². The first-order valence-electron chi connectivity index (χ1n) is 10.9. The Morgan fingerprint density at radius 1 is 1.31 bits per heavy atom. The van der Waals surface area contributed by atoms with Crippen molar-refractivity contribution in [2.24, 2.45) is 5.92 Å². The number of methoxy groups -OCH3 is 1. The molecule has 1 atom stereocenters. The van der Waals surface area contributed by atoms with Crippen molar-refractivity contribution in [2.75, 3.05) is 26.8 Å². The zero-order chi connectivity index (χ0) is 23.3. The minimum atomic E-state index is -3.74. The molecule has 1 amide bonds. The number of aromatic nitrogens is 2. The van der Waals surface area contributed by atoms with Crippen molar-refractivity contribution in [1.82, 2.24) is 19.2 Å². The lowest BCUT2D eigenvalue weighted by Crippen LogP contribution is -2.45. The van der Waals surface area contributed by atoms with E-state index < -0.39 is 15.9 Å². The smallest absolute Gasteiger partial charge is 0.262 e. The Hall–Kier alpha value is -2.59. The zero-order valence-electron chi connectivity index (χ0n) is 19.1. The van der Waals surface area contributed by atoms with Crippen LogP contribution in [0.3, 0.4) is 0 Å². The predicted molar refractivity (Wildman–Crippen MR) is 120 cm³/mol. The number of hydrogen-bond acceptors (Lipinski definition) is 6. The van der Waals surface area contributed by atoms with E-state index >= 15 is 0 Å². The molecule has 176 valence electrons. The Labute approximate surface area is 189 Å². The minimum absolute atomic E-state index is 0.0220. The Morgan fingerprint density at radius 2 is 2.09 bits per heavy atom. The third-order valence-corrected chi connectivity index (χ3v) is 7.28. The molecule has 1 saturated heterocycles. The van der Waals surface area contributed by atoms with Crippen LogP contribution in [0.2, 0.25) is 0 Å². The number of rotatable bonds is 9. The second-order valence-electron chi connectivity index (χ2n) is 8.09. The maximum atomic E-state index is 13.0. The number of nitrogens with one attached hydrogen (secondary N) is 1. The summed E-state index contributed by atoms with van der Waals surface area (Å²) in [6, 6.07) is 5.63. The second-order valence-corrected chi connectivity index (χ2v) is 9.98. The molecule has 1 aromatic carbocycles. The summed E-state index contributed by atoms with van der Waals surface area (Å²) in [5.41, 5.74) is 0.873. The van der Waals surface area contributed by atoms with Crippen LogP contribution in [-0.4, -0.2) is 55.0 Å². The number of benzene rings is 1. The van der Waals surface area contributed by atoms with E-state index in [1.165, 1.54) is 10.6 Å². The average molecular weight is 465 g/mol. The number of ether oxygens (including phenoxy) is 2. The SMILES string of the molecule is CCOc1ccc(CNC(=O)C2CCCN(S(=O)(=O)c3cn(C(C)C)cn3)C2)cc1OC. The fourth-order valence-corrected chi connectivity index (χ4v) is 5.12. The van der Waals surface area contributed by atoms with E-state index in [0.29, 0.717) is 44.0 Å². The molecule has 1 fully saturated rings. The molecule has 1 unspecified atom stereocenters. The number of hydrogen-bond donors (Lipinski definition) is 1. The molecule has 0 radical (unpaired) electrons. The van der Waals surface area contributed by atoms with Gasteiger partial charge in [0.2, 0.25) is 5.91 Å². The van der Waals surface area contributed by atoms with Gasteiger partial charge in [-0.1, -0.05) is 6.07 Å². The van der Waals surface area contributed by atoms with E-state index in [1.54, 1.807) is 17.9 Å². The fraction of sp³-hybridized carbons (Fsp3) is 0.545. The topological polar surface area (TPSA) is 103 Å². The number of carbonyl (C=O) groups excluding carboxylic acids is 1. The van der Waals surface area contributed by atoms with Gasteiger partial charge in [-0.05, 0) is 51.3 Å². The van der Waals surface area contributed by atoms with E-state index in [2.05, 4.69) is 10.3 Å². The number of sulfonamides is 1. The molecule has 1 aliphatic heterocycles. The van der Waals surface area contributed by atoms with E-state index in [1.807, 2.05) is 39.0 Å². The molecule has 0 bridgehead atoms. The number of nitrogens with zero attached hydrogens (tertiary/aromatic N) is 3. The lowest BCUT2D eigenvalue weighted by atomic mass is 9.98. The highest BCUT2D eigenvalue weighted by Gasteiger charge is 2.34. The van der Waals surface area contributed by atoms with Gasteiger partial charge in [0.1, 0.15) is 0 Å². The molecule has 1 aliphatic rings. The summed E-state index contributed by atoms with van der Waals surface area (Å²) in [6.45, 7) is 7.21. The van der Waals surface area contributed by atoms with Crippen LogP contribution in [-0.2, 0) is 21.4 Å². The van der Waals surface area contributed by atoms with Gasteiger partial charge in [-0.25, -0.2) is 13.4 Å². The van der Waals surface area contributed by atoms with E-state index in [-0.39, 0.29) is 23.5 Å². The lowest BCUT2D eigenvalue weighted by molar-refractivity contribution is -0.126. The summed E-state index contributed by atoms with van der Waals surface area (Å²) in [5.74, 6) is 0.688. The molecule has 1 N–H and O–H groups in total. The van der Waals surface area contributed by atoms with Gasteiger partial charge in [-0.15, -0.1) is 0 Å². The monoisotopic (exact) mass is 464 g/mol. The van der Waals surface area contributed by atoms with Crippen LogP contribution in [0.15, 0.2) is 35.7 Å². The Balaban J connectivity index is 1.63. The van der Waals surface area contributed by atoms with Gasteiger partial charge in [0, 0.05) is 31.9 Å². The van der Waals surface area contributed by atoms with Crippen molar-refractivity contribution in [3.8, 4) is 11.5 Å². The summed E-state index contributed by atoms with van der Waals surface area (Å²) >= 11 is 0. The minimum Gasteiger partial charge on any atom is -0.493 e. The van der Waals surface area contributed by atoms with Gasteiger partial charge in [0.15, 0.2) is 16.5 Å². The molecular weight excluding hydrogens is 432 g/mol. The van der Waals surface area contributed by atoms with Gasteiger partial charge < -0.3 is 19.4 Å². The number of piperidine rings is 1. The van der Waals surface area contributed by atoms with Crippen molar-refractivity contribution in [3.05, 3.63) is 36.3 Å². The van der Waals surface area contributed by atoms with Gasteiger partial charge in [-0.2, -0.15) is 4.31 Å². The van der Waals surface area contributed by atoms with Gasteiger partial charge in [-0.3, -0.25) is 4.79 Å². The first kappa shape index (κ1) is 24.1. The van der Waals surface area contributed by atoms with Crippen molar-refractivity contribution < 1.29 is 22.7 Å². The summed E-state index contributed by atoms with van der Waals surface area (Å²) in [4.78, 5) is 16.9. The van der Waals surface area contributed by atoms with E-state index in [4.69, 9.17) is 9.47 Å². The van der Waals surface area contributed by atoms with Crippen molar-refractivity contribution in [2.45, 2.75) is 51.2 Å². The lowest BCUT2D eigenvalue weighted by Gasteiger charge is -2.30. The maximum absolute atomic E-state index is 13.0. The zero-order valence-corrected chi connectivity index (χ0v) is 19.9. The Morgan fingerprint density at radius 3 is 2.75 bits per heavy atom. The second kappa shape index (κ2) is 10.4. The summed E-state index contributed by atoms with van der Waals surface area (Å²) < 4.78 is 40.0. The van der Waals surface area contributed by atoms with E-state index in [9.17, 15) is 13.2 Å². The van der Waals surface area contributed by atoms with Crippen molar-refractivity contribution in [3.63, 3.8) is 0 Å². The molecule has 2 heterocycles. The first-order valence-corrected chi connectivity index (χ1v) is 12.3. The molecule has 2 aromatic rings. The van der Waals surface area contributed by atoms with Crippen LogP contribution in [0.25, 0.3) is 0 Å². The Kier molecular flexibility index (Phi) is 7.78. The van der Waals surface area contributed by atoms with Crippen LogP contribution in [0.1, 0.15) is 45.2 Å². The van der Waals surface area contributed by atoms with Gasteiger partial charge in [0.25, 0.3) is 10.0 Å². The van der Waals surface area contributed by atoms with Crippen LogP contribution >= 0.6 is 0 Å². The number of amides is 1. The number of carbonyl (C=O) groups is 1. The Bertz CT molecular complexity index is 1030. The quantitative estimate of drug-likeness (QED) is 0.612. The standard InChI is InChI=1S/C22H32N4O5S/c1-5-31-19-9-8-17(11-20(19)30-4)12-23-22(27)18-7-6-10-26(13-18)32(28,29)21-14-25(15-24-21)16(2)3/h8-9,11,14-16,18H,5-7,10,12-13H2,1-4H3,(H,23,27). The molecular formula is C22H32N4O5S. The van der Waals surface area contributed by atoms with Gasteiger partial charge >= 0.3 is 0 Å². The van der Waals surface area contributed by atoms with Crippen LogP contribution in [0.5, 0.6) is 11.5 Å². The molecule has 1 aromatic heterocycles. The summed E-state index contributed by atoms with van der Waals surface area (Å²) in [6.07, 6.45) is 4.34. The molecule has 0 spiro atoms. The largest absolute Gasteiger partial charge is 0.493 e. The molecule has 3 rings (SSSR count). The highest BCUT2D eigenvalue weighted by Crippen LogP contribution is 2.28. The van der Waals surface area contributed by atoms with Gasteiger partial charge in [0.05, 0.1) is 26.0 Å². The number of imidazole rings is 1. The predicted octanol–water partition coefficient (Wildman–Crippen LogP) is 2.59. The molecule has 10 heteroatoms. The molecule has 32 heavy (non-hydrogen) atoms. The summed E-state index contributed by atoms with van der Waals surface area (Å²) in [5, 5.41) is 2.95. The average Bonchev–Trinajstić information content (AvgIpc) is 3.30. The molecule has 0 saturated carbocycles. The van der Waals surface area contributed by atoms with E-state index in [0.717, 1.165) is 5.56 Å². The summed E-state index contributed by atoms with van der Waals surface area (Å²) in [7, 11) is -2.17. The third-order valence-electron chi connectivity index (χ3n) is 5.53. The molecule has 0 aliphatic carbocycles.